The van der Waals surface area contributed by atoms with Crippen LogP contribution in [0.3, 0.4) is 0 Å². The molecule has 13 rings (SSSR count). The molecule has 4 nitrogen and oxygen atoms in total. The third kappa shape index (κ3) is 10.4. The molecular weight excluding hydrogens is 981 g/mol. The second-order valence-electron chi connectivity index (χ2n) is 23.1. The molecule has 4 heteroatoms. The number of rotatable bonds is 17. The molecule has 0 spiro atoms. The van der Waals surface area contributed by atoms with Crippen LogP contribution < -0.4 is 0 Å². The molecule has 1 aliphatic rings. The summed E-state index contributed by atoms with van der Waals surface area (Å²) in [5.41, 5.74) is 17.6. The van der Waals surface area contributed by atoms with Crippen molar-refractivity contribution in [2.45, 2.75) is 79.4 Å². The molecule has 0 radical (unpaired) electrons. The molecule has 0 saturated carbocycles. The van der Waals surface area contributed by atoms with E-state index in [1.165, 1.54) is 90.1 Å². The van der Waals surface area contributed by atoms with E-state index in [1.54, 1.807) is 0 Å². The Kier molecular flexibility index (Phi) is 14.3. The van der Waals surface area contributed by atoms with Gasteiger partial charge in [0.15, 0.2) is 0 Å². The lowest BCUT2D eigenvalue weighted by Gasteiger charge is -2.38. The SMILES string of the molecule is c1ccc(CCC2(Cc3ccccc3)c3ccc([nH]3)C(Cc3ccccc3)(Cc3ccccc3)c3ccc([nH]3)C(Cc3ccccc3)(Cc3ccccc3)c3ccc([nH]3)C(Cc3ccccc3)(Cc3ccccc3)c3ccc2[nH]3)cc1. The monoisotopic (exact) mass is 1050 g/mol. The zero-order valence-electron chi connectivity index (χ0n) is 46.1. The first kappa shape index (κ1) is 51.3. The Bertz CT molecular complexity index is 3590. The van der Waals surface area contributed by atoms with Crippen LogP contribution in [0.5, 0.6) is 0 Å². The minimum absolute atomic E-state index is 0.524. The third-order valence-electron chi connectivity index (χ3n) is 18.0. The number of aromatic amines is 4. The average Bonchev–Trinajstić information content (AvgIpc) is 4.52. The molecule has 0 fully saturated rings. The standard InChI is InChI=1S/C77H70N4/c1-9-25-58(26-10-1)49-50-74(51-59-27-11-2-12-28-59)66-41-43-68(78-66)75(52-60-29-13-3-14-30-60,53-61-31-15-4-16-32-61)70-45-47-72(80-70)77(56-64-37-21-7-22-38-64,57-65-39-23-8-24-40-65)73-48-46-71(81-73)76(69-44-42-67(74)79-69,54-62-33-17-5-18-34-62)55-63-35-19-6-20-36-63/h1-48,78-81H,49-57H2. The molecule has 4 aromatic heterocycles. The van der Waals surface area contributed by atoms with E-state index < -0.39 is 21.7 Å². The number of fused-ring (bicyclic) bond motifs is 8. The molecule has 0 saturated heterocycles. The zero-order valence-corrected chi connectivity index (χ0v) is 46.1. The third-order valence-corrected chi connectivity index (χ3v) is 18.0. The molecule has 81 heavy (non-hydrogen) atoms. The molecule has 4 N–H and O–H groups in total. The minimum atomic E-state index is -0.573. The van der Waals surface area contributed by atoms with Crippen LogP contribution in [0, 0.1) is 0 Å². The van der Waals surface area contributed by atoms with Crippen LogP contribution in [-0.4, -0.2) is 19.9 Å². The molecular formula is C77H70N4. The number of nitrogens with one attached hydrogen (secondary N) is 4. The van der Waals surface area contributed by atoms with Gasteiger partial charge in [-0.3, -0.25) is 0 Å². The average molecular weight is 1050 g/mol. The van der Waals surface area contributed by atoms with Crippen molar-refractivity contribution in [3.8, 4) is 0 Å². The number of hydrogen-bond donors (Lipinski definition) is 4. The molecule has 0 atom stereocenters. The molecule has 398 valence electrons. The number of H-pyrrole nitrogens is 4. The molecule has 0 amide bonds. The van der Waals surface area contributed by atoms with E-state index in [9.17, 15) is 0 Å². The fourth-order valence-corrected chi connectivity index (χ4v) is 13.9. The molecule has 0 aliphatic carbocycles. The molecule has 12 aromatic rings. The lowest BCUT2D eigenvalue weighted by Crippen LogP contribution is -2.38. The zero-order chi connectivity index (χ0) is 54.4. The van der Waals surface area contributed by atoms with E-state index in [0.29, 0.717) is 0 Å². The van der Waals surface area contributed by atoms with Gasteiger partial charge in [-0.25, -0.2) is 0 Å². The quantitative estimate of drug-likeness (QED) is 0.0702. The Hall–Kier alpha value is -9.12. The van der Waals surface area contributed by atoms with E-state index in [2.05, 4.69) is 311 Å². The van der Waals surface area contributed by atoms with Gasteiger partial charge in [0.2, 0.25) is 0 Å². The summed E-state index contributed by atoms with van der Waals surface area (Å²) in [4.78, 5) is 17.7. The van der Waals surface area contributed by atoms with Gasteiger partial charge in [0.25, 0.3) is 0 Å². The Balaban J connectivity index is 1.14. The first-order valence-corrected chi connectivity index (χ1v) is 29.1. The van der Waals surface area contributed by atoms with Gasteiger partial charge in [0.05, 0.1) is 21.7 Å². The topological polar surface area (TPSA) is 63.2 Å². The van der Waals surface area contributed by atoms with Crippen LogP contribution in [0.4, 0.5) is 0 Å². The normalized spacial score (nSPS) is 14.8. The summed E-state index contributed by atoms with van der Waals surface area (Å²) < 4.78 is 0. The van der Waals surface area contributed by atoms with E-state index >= 15 is 0 Å². The van der Waals surface area contributed by atoms with Crippen molar-refractivity contribution in [3.05, 3.63) is 381 Å². The highest BCUT2D eigenvalue weighted by Crippen LogP contribution is 2.49. The Morgan fingerprint density at radius 3 is 0.531 bits per heavy atom. The maximum atomic E-state index is 4.43. The number of hydrogen-bond acceptors (Lipinski definition) is 0. The van der Waals surface area contributed by atoms with Gasteiger partial charge in [0.1, 0.15) is 0 Å². The van der Waals surface area contributed by atoms with Crippen molar-refractivity contribution in [3.63, 3.8) is 0 Å². The van der Waals surface area contributed by atoms with Crippen molar-refractivity contribution in [2.24, 2.45) is 0 Å². The minimum Gasteiger partial charge on any atom is -0.361 e. The molecule has 8 aromatic carbocycles. The highest BCUT2D eigenvalue weighted by atomic mass is 14.9. The summed E-state index contributed by atoms with van der Waals surface area (Å²) >= 11 is 0. The largest absolute Gasteiger partial charge is 0.361 e. The van der Waals surface area contributed by atoms with Crippen LogP contribution in [0.1, 0.15) is 96.5 Å². The number of aryl methyl sites for hydroxylation is 1. The van der Waals surface area contributed by atoms with Gasteiger partial charge < -0.3 is 19.9 Å². The van der Waals surface area contributed by atoms with Gasteiger partial charge in [0, 0.05) is 45.6 Å². The summed E-state index contributed by atoms with van der Waals surface area (Å²) in [6.45, 7) is 0. The van der Waals surface area contributed by atoms with Gasteiger partial charge in [-0.2, -0.15) is 0 Å². The lowest BCUT2D eigenvalue weighted by molar-refractivity contribution is 0.426. The first-order chi connectivity index (χ1) is 40.0. The highest BCUT2D eigenvalue weighted by Gasteiger charge is 2.47. The van der Waals surface area contributed by atoms with Crippen LogP contribution in [-0.2, 0) is 73.0 Å². The first-order valence-electron chi connectivity index (χ1n) is 29.1. The van der Waals surface area contributed by atoms with E-state index in [-0.39, 0.29) is 0 Å². The van der Waals surface area contributed by atoms with Crippen molar-refractivity contribution in [2.75, 3.05) is 0 Å². The van der Waals surface area contributed by atoms with Gasteiger partial charge in [-0.15, -0.1) is 0 Å². The van der Waals surface area contributed by atoms with Gasteiger partial charge >= 0.3 is 0 Å². The Labute approximate surface area is 478 Å². The fourth-order valence-electron chi connectivity index (χ4n) is 13.9. The smallest absolute Gasteiger partial charge is 0.0583 e. The van der Waals surface area contributed by atoms with Crippen molar-refractivity contribution in [1.29, 1.82) is 0 Å². The van der Waals surface area contributed by atoms with Crippen LogP contribution in [0.2, 0.25) is 0 Å². The number of aromatic nitrogens is 4. The molecule has 5 heterocycles. The summed E-state index contributed by atoms with van der Waals surface area (Å²) in [5.74, 6) is 0. The molecule has 1 aliphatic heterocycles. The second kappa shape index (κ2) is 22.6. The van der Waals surface area contributed by atoms with Crippen LogP contribution >= 0.6 is 0 Å². The number of benzene rings is 8. The maximum absolute atomic E-state index is 4.43. The second-order valence-corrected chi connectivity index (χ2v) is 23.1. The van der Waals surface area contributed by atoms with Crippen LogP contribution in [0.25, 0.3) is 0 Å². The lowest BCUT2D eigenvalue weighted by atomic mass is 9.71. The maximum Gasteiger partial charge on any atom is 0.0583 e. The van der Waals surface area contributed by atoms with Crippen molar-refractivity contribution >= 4 is 0 Å². The van der Waals surface area contributed by atoms with Gasteiger partial charge in [-0.05, 0) is 151 Å². The van der Waals surface area contributed by atoms with E-state index in [1.807, 2.05) is 0 Å². The van der Waals surface area contributed by atoms with E-state index in [4.69, 9.17) is 0 Å². The van der Waals surface area contributed by atoms with Crippen molar-refractivity contribution in [1.82, 2.24) is 19.9 Å². The highest BCUT2D eigenvalue weighted by molar-refractivity contribution is 5.51. The summed E-state index contributed by atoms with van der Waals surface area (Å²) in [6.07, 6.45) is 7.14. The van der Waals surface area contributed by atoms with Gasteiger partial charge in [-0.1, -0.05) is 243 Å². The van der Waals surface area contributed by atoms with Crippen molar-refractivity contribution < 1.29 is 0 Å². The van der Waals surface area contributed by atoms with Crippen LogP contribution in [0.15, 0.2) is 291 Å². The Morgan fingerprint density at radius 1 is 0.173 bits per heavy atom. The molecule has 8 bridgehead atoms. The van der Waals surface area contributed by atoms with E-state index in [0.717, 1.165) is 57.8 Å². The predicted octanol–water partition coefficient (Wildman–Crippen LogP) is 16.8. The summed E-state index contributed by atoms with van der Waals surface area (Å²) in [7, 11) is 0. The summed E-state index contributed by atoms with van der Waals surface area (Å²) in [6, 6.07) is 109. The predicted molar refractivity (Wildman–Crippen MR) is 332 cm³/mol. The fraction of sp³-hybridized carbons (Fsp3) is 0.169. The summed E-state index contributed by atoms with van der Waals surface area (Å²) in [5, 5.41) is 0. The Morgan fingerprint density at radius 2 is 0.333 bits per heavy atom. The molecule has 0 unspecified atom stereocenters.